The zero-order chi connectivity index (χ0) is 10.8. The summed E-state index contributed by atoms with van der Waals surface area (Å²) in [7, 11) is 0. The van der Waals surface area contributed by atoms with E-state index in [1.807, 2.05) is 0 Å². The van der Waals surface area contributed by atoms with Crippen LogP contribution in [0.2, 0.25) is 0 Å². The van der Waals surface area contributed by atoms with Crippen molar-refractivity contribution in [2.45, 2.75) is 33.6 Å². The lowest BCUT2D eigenvalue weighted by Gasteiger charge is -2.09. The average molecular weight is 198 g/mol. The van der Waals surface area contributed by atoms with Crippen molar-refractivity contribution in [2.24, 2.45) is 0 Å². The third-order valence-corrected chi connectivity index (χ3v) is 3.11. The molecule has 0 atom stereocenters. The van der Waals surface area contributed by atoms with E-state index in [2.05, 4.69) is 51.1 Å². The molecule has 0 unspecified atom stereocenters. The lowest BCUT2D eigenvalue weighted by molar-refractivity contribution is 1.13. The molecular formula is C15H18. The number of rotatable bonds is 2. The highest BCUT2D eigenvalue weighted by Crippen LogP contribution is 2.25. The van der Waals surface area contributed by atoms with Gasteiger partial charge < -0.3 is 0 Å². The van der Waals surface area contributed by atoms with Crippen LogP contribution in [0.1, 0.15) is 30.5 Å². The van der Waals surface area contributed by atoms with Gasteiger partial charge in [0.15, 0.2) is 0 Å². The Morgan fingerprint density at radius 1 is 1.00 bits per heavy atom. The van der Waals surface area contributed by atoms with Crippen LogP contribution in [0.25, 0.3) is 10.8 Å². The fourth-order valence-electron chi connectivity index (χ4n) is 2.31. The first-order valence-electron chi connectivity index (χ1n) is 5.77. The molecule has 0 heteroatoms. The van der Waals surface area contributed by atoms with Gasteiger partial charge in [-0.05, 0) is 47.2 Å². The van der Waals surface area contributed by atoms with Gasteiger partial charge in [0.05, 0.1) is 0 Å². The van der Waals surface area contributed by atoms with Crippen LogP contribution >= 0.6 is 0 Å². The third-order valence-electron chi connectivity index (χ3n) is 3.11. The lowest BCUT2D eigenvalue weighted by Crippen LogP contribution is -1.90. The van der Waals surface area contributed by atoms with Crippen LogP contribution in [0.3, 0.4) is 0 Å². The summed E-state index contributed by atoms with van der Waals surface area (Å²) < 4.78 is 0. The predicted octanol–water partition coefficient (Wildman–Crippen LogP) is 4.27. The highest BCUT2D eigenvalue weighted by atomic mass is 14.1. The van der Waals surface area contributed by atoms with Crippen LogP contribution < -0.4 is 0 Å². The molecule has 2 aromatic carbocycles. The van der Waals surface area contributed by atoms with E-state index in [0.29, 0.717) is 0 Å². The molecule has 0 aliphatic rings. The fraction of sp³-hybridized carbons (Fsp3) is 0.333. The first kappa shape index (κ1) is 10.2. The molecule has 0 spiro atoms. The zero-order valence-corrected chi connectivity index (χ0v) is 9.80. The average Bonchev–Trinajstić information content (AvgIpc) is 2.27. The Balaban J connectivity index is 2.78. The number of fused-ring (bicyclic) bond motifs is 1. The van der Waals surface area contributed by atoms with Gasteiger partial charge in [-0.15, -0.1) is 0 Å². The summed E-state index contributed by atoms with van der Waals surface area (Å²) in [6, 6.07) is 11.3. The topological polar surface area (TPSA) is 0 Å². The Morgan fingerprint density at radius 2 is 1.80 bits per heavy atom. The van der Waals surface area contributed by atoms with Gasteiger partial charge in [-0.1, -0.05) is 44.2 Å². The molecule has 2 rings (SSSR count). The normalized spacial score (nSPS) is 10.9. The summed E-state index contributed by atoms with van der Waals surface area (Å²) in [6.07, 6.45) is 2.23. The molecule has 0 aliphatic carbocycles. The highest BCUT2D eigenvalue weighted by molar-refractivity contribution is 5.89. The van der Waals surface area contributed by atoms with Gasteiger partial charge in [0.25, 0.3) is 0 Å². The van der Waals surface area contributed by atoms with Crippen LogP contribution in [0.4, 0.5) is 0 Å². The molecule has 78 valence electrons. The molecule has 0 N–H and O–H groups in total. The number of aryl methyl sites for hydroxylation is 3. The molecular weight excluding hydrogens is 180 g/mol. The molecule has 0 nitrogen and oxygen atoms in total. The first-order chi connectivity index (χ1) is 7.26. The molecule has 0 bridgehead atoms. The molecule has 0 radical (unpaired) electrons. The van der Waals surface area contributed by atoms with Crippen LogP contribution in [-0.2, 0) is 12.8 Å². The van der Waals surface area contributed by atoms with E-state index < -0.39 is 0 Å². The first-order valence-corrected chi connectivity index (χ1v) is 5.77. The van der Waals surface area contributed by atoms with Gasteiger partial charge in [0.1, 0.15) is 0 Å². The lowest BCUT2D eigenvalue weighted by atomic mass is 9.95. The van der Waals surface area contributed by atoms with Crippen molar-refractivity contribution in [1.29, 1.82) is 0 Å². The quantitative estimate of drug-likeness (QED) is 0.676. The van der Waals surface area contributed by atoms with Crippen molar-refractivity contribution in [3.8, 4) is 0 Å². The van der Waals surface area contributed by atoms with Crippen LogP contribution in [0, 0.1) is 6.92 Å². The molecule has 15 heavy (non-hydrogen) atoms. The minimum atomic E-state index is 1.11. The second kappa shape index (κ2) is 4.06. The molecule has 0 aliphatic heterocycles. The van der Waals surface area contributed by atoms with Crippen molar-refractivity contribution in [3.05, 3.63) is 47.0 Å². The van der Waals surface area contributed by atoms with Gasteiger partial charge >= 0.3 is 0 Å². The molecule has 0 saturated heterocycles. The van der Waals surface area contributed by atoms with Gasteiger partial charge in [0, 0.05) is 0 Å². The number of benzene rings is 2. The molecule has 0 heterocycles. The summed E-state index contributed by atoms with van der Waals surface area (Å²) in [6.45, 7) is 6.66. The Labute approximate surface area is 91.9 Å². The highest BCUT2D eigenvalue weighted by Gasteiger charge is 2.03. The molecule has 0 fully saturated rings. The maximum atomic E-state index is 2.32. The van der Waals surface area contributed by atoms with E-state index in [1.54, 1.807) is 0 Å². The molecule has 0 saturated carbocycles. The van der Waals surface area contributed by atoms with Crippen LogP contribution in [0.15, 0.2) is 30.3 Å². The Morgan fingerprint density at radius 3 is 2.47 bits per heavy atom. The monoisotopic (exact) mass is 198 g/mol. The third kappa shape index (κ3) is 1.77. The van der Waals surface area contributed by atoms with Gasteiger partial charge in [-0.25, -0.2) is 0 Å². The minimum Gasteiger partial charge on any atom is -0.0614 e. The van der Waals surface area contributed by atoms with E-state index in [0.717, 1.165) is 12.8 Å². The van der Waals surface area contributed by atoms with Crippen LogP contribution in [0.5, 0.6) is 0 Å². The predicted molar refractivity (Wildman–Crippen MR) is 67.4 cm³/mol. The summed E-state index contributed by atoms with van der Waals surface area (Å²) in [4.78, 5) is 0. The van der Waals surface area contributed by atoms with Crippen molar-refractivity contribution in [1.82, 2.24) is 0 Å². The smallest absolute Gasteiger partial charge is 0.0123 e. The Kier molecular flexibility index (Phi) is 2.77. The maximum Gasteiger partial charge on any atom is -0.0123 e. The van der Waals surface area contributed by atoms with Crippen molar-refractivity contribution in [3.63, 3.8) is 0 Å². The van der Waals surface area contributed by atoms with Crippen molar-refractivity contribution in [2.75, 3.05) is 0 Å². The second-order valence-electron chi connectivity index (χ2n) is 4.14. The Hall–Kier alpha value is -1.30. The standard InChI is InChI=1S/C15H18/c1-4-12-9-11(3)15-13(5-2)7-6-8-14(15)10-12/h6-10H,4-5H2,1-3H3. The fourth-order valence-corrected chi connectivity index (χ4v) is 2.31. The summed E-state index contributed by atoms with van der Waals surface area (Å²) in [5, 5.41) is 2.85. The summed E-state index contributed by atoms with van der Waals surface area (Å²) in [5.74, 6) is 0. The number of hydrogen-bond acceptors (Lipinski definition) is 0. The van der Waals surface area contributed by atoms with Gasteiger partial charge in [0.2, 0.25) is 0 Å². The van der Waals surface area contributed by atoms with E-state index in [-0.39, 0.29) is 0 Å². The van der Waals surface area contributed by atoms with Crippen molar-refractivity contribution >= 4 is 10.8 Å². The van der Waals surface area contributed by atoms with Gasteiger partial charge in [-0.2, -0.15) is 0 Å². The minimum absolute atomic E-state index is 1.11. The molecule has 2 aromatic rings. The zero-order valence-electron chi connectivity index (χ0n) is 9.80. The number of hydrogen-bond donors (Lipinski definition) is 0. The van der Waals surface area contributed by atoms with Crippen LogP contribution in [-0.4, -0.2) is 0 Å². The van der Waals surface area contributed by atoms with E-state index in [1.165, 1.54) is 27.5 Å². The van der Waals surface area contributed by atoms with Crippen molar-refractivity contribution < 1.29 is 0 Å². The molecule has 0 amide bonds. The maximum absolute atomic E-state index is 2.32. The Bertz CT molecular complexity index is 481. The summed E-state index contributed by atoms with van der Waals surface area (Å²) >= 11 is 0. The van der Waals surface area contributed by atoms with E-state index >= 15 is 0 Å². The van der Waals surface area contributed by atoms with E-state index in [9.17, 15) is 0 Å². The molecule has 0 aromatic heterocycles. The van der Waals surface area contributed by atoms with E-state index in [4.69, 9.17) is 0 Å². The largest absolute Gasteiger partial charge is 0.0614 e. The SMILES string of the molecule is CCc1cc(C)c2c(CC)cccc2c1. The van der Waals surface area contributed by atoms with Gasteiger partial charge in [-0.3, -0.25) is 0 Å². The second-order valence-corrected chi connectivity index (χ2v) is 4.14. The summed E-state index contributed by atoms with van der Waals surface area (Å²) in [5.41, 5.74) is 4.32.